The Hall–Kier alpha value is -2.34. The van der Waals surface area contributed by atoms with Gasteiger partial charge in [-0.1, -0.05) is 28.1 Å². The number of aromatic nitrogens is 2. The van der Waals surface area contributed by atoms with Crippen molar-refractivity contribution in [1.82, 2.24) is 9.55 Å². The summed E-state index contributed by atoms with van der Waals surface area (Å²) in [5.74, 6) is -0.358. The number of aromatic amines is 1. The summed E-state index contributed by atoms with van der Waals surface area (Å²) in [7, 11) is 0. The maximum atomic E-state index is 11.9. The maximum Gasteiger partial charge on any atom is 0.338 e. The number of carbonyl (C=O) groups excluding carboxylic acids is 1. The molecule has 0 unspecified atom stereocenters. The molecule has 1 heterocycles. The van der Waals surface area contributed by atoms with E-state index >= 15 is 0 Å². The van der Waals surface area contributed by atoms with Crippen LogP contribution in [0.2, 0.25) is 0 Å². The first-order valence-electron chi connectivity index (χ1n) is 7.25. The second kappa shape index (κ2) is 6.83. The van der Waals surface area contributed by atoms with Crippen LogP contribution >= 0.6 is 15.9 Å². The van der Waals surface area contributed by atoms with E-state index in [-0.39, 0.29) is 18.3 Å². The number of hydrogen-bond acceptors (Lipinski definition) is 3. The van der Waals surface area contributed by atoms with Crippen molar-refractivity contribution >= 4 is 32.9 Å². The van der Waals surface area contributed by atoms with Gasteiger partial charge >= 0.3 is 11.7 Å². The van der Waals surface area contributed by atoms with Crippen molar-refractivity contribution in [3.05, 3.63) is 69.1 Å². The number of rotatable bonds is 5. The number of nitrogens with zero attached hydrogens (tertiary/aromatic N) is 1. The highest BCUT2D eigenvalue weighted by molar-refractivity contribution is 9.10. The van der Waals surface area contributed by atoms with Gasteiger partial charge in [-0.25, -0.2) is 9.59 Å². The molecule has 0 saturated carbocycles. The van der Waals surface area contributed by atoms with Gasteiger partial charge in [-0.05, 0) is 42.8 Å². The number of ether oxygens (including phenoxy) is 1. The molecule has 0 aliphatic heterocycles. The topological polar surface area (TPSA) is 64.1 Å². The van der Waals surface area contributed by atoms with Crippen LogP contribution in [0.4, 0.5) is 0 Å². The lowest BCUT2D eigenvalue weighted by atomic mass is 10.2. The van der Waals surface area contributed by atoms with Crippen LogP contribution in [0.3, 0.4) is 0 Å². The summed E-state index contributed by atoms with van der Waals surface area (Å²) in [6.07, 6.45) is 0.573. The number of aryl methyl sites for hydroxylation is 1. The molecule has 0 aliphatic rings. The van der Waals surface area contributed by atoms with Crippen LogP contribution < -0.4 is 5.69 Å². The molecular formula is C17H15BrN2O3. The molecule has 0 aliphatic carbocycles. The third-order valence-electron chi connectivity index (χ3n) is 3.52. The van der Waals surface area contributed by atoms with Crippen LogP contribution in [0.5, 0.6) is 0 Å². The Morgan fingerprint density at radius 3 is 2.65 bits per heavy atom. The molecule has 0 atom stereocenters. The number of benzene rings is 2. The van der Waals surface area contributed by atoms with E-state index in [9.17, 15) is 9.59 Å². The van der Waals surface area contributed by atoms with Crippen LogP contribution in [0.1, 0.15) is 16.8 Å². The summed E-state index contributed by atoms with van der Waals surface area (Å²) in [4.78, 5) is 26.6. The molecular weight excluding hydrogens is 360 g/mol. The van der Waals surface area contributed by atoms with E-state index in [1.807, 2.05) is 24.3 Å². The standard InChI is InChI=1S/C17H15BrN2O3/c18-13-8-6-12(7-9-13)16(21)23-11-3-10-20-15-5-2-1-4-14(15)19-17(20)22/h1-2,4-9H,3,10-11H2,(H,19,22). The summed E-state index contributed by atoms with van der Waals surface area (Å²) in [5.41, 5.74) is 2.03. The predicted molar refractivity (Wildman–Crippen MR) is 91.6 cm³/mol. The zero-order valence-electron chi connectivity index (χ0n) is 12.3. The Morgan fingerprint density at radius 1 is 1.13 bits per heavy atom. The van der Waals surface area contributed by atoms with E-state index in [0.29, 0.717) is 18.5 Å². The number of para-hydroxylation sites is 2. The number of imidazole rings is 1. The van der Waals surface area contributed by atoms with Gasteiger partial charge in [-0.2, -0.15) is 0 Å². The van der Waals surface area contributed by atoms with Gasteiger partial charge in [0.2, 0.25) is 0 Å². The minimum Gasteiger partial charge on any atom is -0.462 e. The van der Waals surface area contributed by atoms with Gasteiger partial charge in [0.1, 0.15) is 0 Å². The average molecular weight is 375 g/mol. The molecule has 3 aromatic rings. The van der Waals surface area contributed by atoms with Crippen molar-refractivity contribution in [2.24, 2.45) is 0 Å². The fourth-order valence-electron chi connectivity index (χ4n) is 2.39. The number of carbonyl (C=O) groups is 1. The number of halogens is 1. The fourth-order valence-corrected chi connectivity index (χ4v) is 2.65. The van der Waals surface area contributed by atoms with Crippen molar-refractivity contribution < 1.29 is 9.53 Å². The van der Waals surface area contributed by atoms with Gasteiger partial charge < -0.3 is 9.72 Å². The number of fused-ring (bicyclic) bond motifs is 1. The summed E-state index contributed by atoms with van der Waals surface area (Å²) >= 11 is 3.32. The van der Waals surface area contributed by atoms with Crippen LogP contribution in [0.25, 0.3) is 11.0 Å². The second-order valence-corrected chi connectivity index (χ2v) is 6.01. The van der Waals surface area contributed by atoms with E-state index in [1.165, 1.54) is 0 Å². The quantitative estimate of drug-likeness (QED) is 0.550. The van der Waals surface area contributed by atoms with Gasteiger partial charge in [-0.3, -0.25) is 4.57 Å². The molecule has 1 N–H and O–H groups in total. The van der Waals surface area contributed by atoms with E-state index in [2.05, 4.69) is 20.9 Å². The second-order valence-electron chi connectivity index (χ2n) is 5.10. The van der Waals surface area contributed by atoms with Crippen molar-refractivity contribution in [3.8, 4) is 0 Å². The zero-order valence-corrected chi connectivity index (χ0v) is 13.9. The SMILES string of the molecule is O=C(OCCCn1c(=O)[nH]c2ccccc21)c1ccc(Br)cc1. The van der Waals surface area contributed by atoms with Crippen molar-refractivity contribution in [3.63, 3.8) is 0 Å². The van der Waals surface area contributed by atoms with Crippen molar-refractivity contribution in [2.75, 3.05) is 6.61 Å². The number of H-pyrrole nitrogens is 1. The third kappa shape index (κ3) is 3.53. The highest BCUT2D eigenvalue weighted by atomic mass is 79.9. The van der Waals surface area contributed by atoms with E-state index < -0.39 is 0 Å². The fraction of sp³-hybridized carbons (Fsp3) is 0.176. The molecule has 0 spiro atoms. The normalized spacial score (nSPS) is 10.8. The molecule has 0 saturated heterocycles. The number of esters is 1. The van der Waals surface area contributed by atoms with Gasteiger partial charge in [0.25, 0.3) is 0 Å². The van der Waals surface area contributed by atoms with Crippen LogP contribution in [-0.4, -0.2) is 22.1 Å². The van der Waals surface area contributed by atoms with E-state index in [4.69, 9.17) is 4.74 Å². The van der Waals surface area contributed by atoms with Crippen LogP contribution in [-0.2, 0) is 11.3 Å². The molecule has 0 bridgehead atoms. The lowest BCUT2D eigenvalue weighted by molar-refractivity contribution is 0.0496. The molecule has 2 aromatic carbocycles. The first-order chi connectivity index (χ1) is 11.1. The molecule has 3 rings (SSSR count). The highest BCUT2D eigenvalue weighted by Gasteiger charge is 2.08. The molecule has 0 amide bonds. The number of hydrogen-bond donors (Lipinski definition) is 1. The Balaban J connectivity index is 1.57. The van der Waals surface area contributed by atoms with Gasteiger partial charge in [-0.15, -0.1) is 0 Å². The average Bonchev–Trinajstić information content (AvgIpc) is 2.87. The Bertz CT molecular complexity index is 881. The molecule has 118 valence electrons. The Morgan fingerprint density at radius 2 is 1.87 bits per heavy atom. The highest BCUT2D eigenvalue weighted by Crippen LogP contribution is 2.12. The monoisotopic (exact) mass is 374 g/mol. The molecule has 5 nitrogen and oxygen atoms in total. The Labute approximate surface area is 141 Å². The maximum absolute atomic E-state index is 11.9. The third-order valence-corrected chi connectivity index (χ3v) is 4.05. The predicted octanol–water partition coefficient (Wildman–Crippen LogP) is 3.34. The molecule has 6 heteroatoms. The van der Waals surface area contributed by atoms with Crippen LogP contribution in [0, 0.1) is 0 Å². The minimum atomic E-state index is -0.358. The molecule has 0 fully saturated rings. The summed E-state index contributed by atoms with van der Waals surface area (Å²) in [6, 6.07) is 14.5. The molecule has 23 heavy (non-hydrogen) atoms. The lowest BCUT2D eigenvalue weighted by Crippen LogP contribution is -2.18. The van der Waals surface area contributed by atoms with Crippen LogP contribution in [0.15, 0.2) is 57.8 Å². The van der Waals surface area contributed by atoms with Gasteiger partial charge in [0.15, 0.2) is 0 Å². The zero-order chi connectivity index (χ0) is 16.2. The first kappa shape index (κ1) is 15.6. The number of nitrogens with one attached hydrogen (secondary N) is 1. The smallest absolute Gasteiger partial charge is 0.338 e. The van der Waals surface area contributed by atoms with E-state index in [0.717, 1.165) is 15.5 Å². The first-order valence-corrected chi connectivity index (χ1v) is 8.05. The summed E-state index contributed by atoms with van der Waals surface area (Å²) < 4.78 is 7.80. The summed E-state index contributed by atoms with van der Waals surface area (Å²) in [6.45, 7) is 0.761. The molecule has 0 radical (unpaired) electrons. The lowest BCUT2D eigenvalue weighted by Gasteiger charge is -2.06. The van der Waals surface area contributed by atoms with E-state index in [1.54, 1.807) is 28.8 Å². The molecule has 1 aromatic heterocycles. The van der Waals surface area contributed by atoms with Gasteiger partial charge in [0, 0.05) is 11.0 Å². The Kier molecular flexibility index (Phi) is 4.62. The van der Waals surface area contributed by atoms with Crippen molar-refractivity contribution in [1.29, 1.82) is 0 Å². The van der Waals surface area contributed by atoms with Crippen molar-refractivity contribution in [2.45, 2.75) is 13.0 Å². The summed E-state index contributed by atoms with van der Waals surface area (Å²) in [5, 5.41) is 0. The van der Waals surface area contributed by atoms with Gasteiger partial charge in [0.05, 0.1) is 23.2 Å². The largest absolute Gasteiger partial charge is 0.462 e. The minimum absolute atomic E-state index is 0.148.